The van der Waals surface area contributed by atoms with E-state index in [0.717, 1.165) is 0 Å². The molecule has 0 spiro atoms. The summed E-state index contributed by atoms with van der Waals surface area (Å²) in [6.07, 6.45) is 31.7. The van der Waals surface area contributed by atoms with Crippen molar-refractivity contribution in [1.82, 2.24) is 0 Å². The molecule has 6 nitrogen and oxygen atoms in total. The van der Waals surface area contributed by atoms with Gasteiger partial charge in [-0.15, -0.1) is 0 Å². The van der Waals surface area contributed by atoms with Gasteiger partial charge in [-0.3, -0.25) is 0 Å². The van der Waals surface area contributed by atoms with E-state index < -0.39 is 23.0 Å². The van der Waals surface area contributed by atoms with Gasteiger partial charge in [0.1, 0.15) is 0 Å². The molecule has 0 bridgehead atoms. The van der Waals surface area contributed by atoms with Crippen LogP contribution < -0.4 is 0 Å². The van der Waals surface area contributed by atoms with Crippen molar-refractivity contribution in [3.05, 3.63) is 35.3 Å². The van der Waals surface area contributed by atoms with Crippen LogP contribution in [0.15, 0.2) is 66.0 Å². The second kappa shape index (κ2) is 23.5. The molecule has 0 aromatic carbocycles. The fraction of sp³-hybridized carbons (Fsp3) is 0.913. The Labute approximate surface area is 469 Å². The number of rotatable bonds is 15. The van der Waals surface area contributed by atoms with Crippen molar-refractivity contribution in [2.24, 2.45) is 173 Å². The molecule has 21 atom stereocenters. The minimum Gasteiger partial charge on any atom is -0.218 e. The molecule has 6 fully saturated rings. The number of hydrogen-bond acceptors (Lipinski definition) is 6. The molecule has 76 heavy (non-hydrogen) atoms. The van der Waals surface area contributed by atoms with E-state index in [9.17, 15) is 0 Å². The topological polar surface area (TPSA) is 74.2 Å². The van der Waals surface area contributed by atoms with Crippen LogP contribution in [0.25, 0.3) is 0 Å². The maximum absolute atomic E-state index is 6.47. The predicted molar refractivity (Wildman–Crippen MR) is 323 cm³/mol. The van der Waals surface area contributed by atoms with Crippen molar-refractivity contribution in [1.29, 1.82) is 0 Å². The van der Waals surface area contributed by atoms with E-state index in [-0.39, 0.29) is 0 Å². The molecule has 0 aromatic heterocycles. The highest BCUT2D eigenvalue weighted by Crippen LogP contribution is 2.64. The number of allylic oxidation sites excluding steroid dienone is 3. The molecule has 0 aromatic rings. The fourth-order valence-electron chi connectivity index (χ4n) is 21.1. The van der Waals surface area contributed by atoms with Gasteiger partial charge < -0.3 is 0 Å². The third-order valence-electron chi connectivity index (χ3n) is 25.1. The Morgan fingerprint density at radius 1 is 0.316 bits per heavy atom. The minimum atomic E-state index is -1.73. The SMILES string of the molecule is CC1CCC(C(C)C)C(C2=CC([BH-](C3(C4CC(C)CCC4C(C)C)C=C(C4CC(C)CCC4C(C)C)N=N3)C3(C4CC(C)CCC4C(C)C)C=C(C4CC(C)CCC4C(C)C)N=N3)(C3CC(C)CCC3C(C)C)N=N2)C1. The molecule has 9 aliphatic rings. The second-order valence-corrected chi connectivity index (χ2v) is 32.4. The van der Waals surface area contributed by atoms with Crippen LogP contribution in [0.1, 0.15) is 240 Å². The Morgan fingerprint density at radius 2 is 0.526 bits per heavy atom. The van der Waals surface area contributed by atoms with Gasteiger partial charge in [0.05, 0.1) is 23.8 Å². The van der Waals surface area contributed by atoms with Crippen LogP contribution in [0, 0.1) is 142 Å². The van der Waals surface area contributed by atoms with Gasteiger partial charge in [0, 0.05) is 17.8 Å². The summed E-state index contributed by atoms with van der Waals surface area (Å²) in [5.74, 6) is 13.2. The van der Waals surface area contributed by atoms with Crippen LogP contribution in [0.4, 0.5) is 0 Å². The van der Waals surface area contributed by atoms with Crippen LogP contribution >= 0.6 is 0 Å². The van der Waals surface area contributed by atoms with Crippen molar-refractivity contribution in [3.8, 4) is 0 Å². The number of nitrogens with zero attached hydrogens (tertiary/aromatic N) is 6. The average molecular weight is 1040 g/mol. The van der Waals surface area contributed by atoms with Gasteiger partial charge in [0.25, 0.3) is 0 Å². The van der Waals surface area contributed by atoms with Crippen molar-refractivity contribution in [2.75, 3.05) is 0 Å². The molecule has 3 heterocycles. The molecular formula is C69H118BN6-. The van der Waals surface area contributed by atoms with Gasteiger partial charge in [0.15, 0.2) is 0 Å². The summed E-state index contributed by atoms with van der Waals surface area (Å²) in [5.41, 5.74) is 2.37. The lowest BCUT2D eigenvalue weighted by Gasteiger charge is -2.65. The van der Waals surface area contributed by atoms with Crippen LogP contribution in [0.2, 0.25) is 0 Å². The largest absolute Gasteiger partial charge is 0.218 e. The highest BCUT2D eigenvalue weighted by atomic mass is 15.3. The van der Waals surface area contributed by atoms with E-state index in [1.54, 1.807) is 0 Å². The van der Waals surface area contributed by atoms with E-state index in [1.807, 2.05) is 0 Å². The summed E-state index contributed by atoms with van der Waals surface area (Å²) < 4.78 is 0. The first kappa shape index (κ1) is 58.7. The van der Waals surface area contributed by atoms with E-state index in [1.165, 1.54) is 133 Å². The molecule has 6 aliphatic carbocycles. The highest BCUT2D eigenvalue weighted by molar-refractivity contribution is 6.72. The first-order chi connectivity index (χ1) is 36.0. The zero-order valence-corrected chi connectivity index (χ0v) is 52.7. The predicted octanol–water partition coefficient (Wildman–Crippen LogP) is 20.3. The van der Waals surface area contributed by atoms with Gasteiger partial charge in [-0.25, -0.2) is 15.3 Å². The second-order valence-electron chi connectivity index (χ2n) is 32.4. The maximum Gasteiger partial charge on any atom is 0.0985 e. The van der Waals surface area contributed by atoms with Gasteiger partial charge in [-0.1, -0.05) is 181 Å². The van der Waals surface area contributed by atoms with Crippen molar-refractivity contribution in [2.45, 2.75) is 257 Å². The Hall–Kier alpha value is -1.92. The minimum absolute atomic E-state index is 0.346. The smallest absolute Gasteiger partial charge is 0.0985 e. The summed E-state index contributed by atoms with van der Waals surface area (Å²) >= 11 is 0. The summed E-state index contributed by atoms with van der Waals surface area (Å²) in [6.45, 7) is 44.2. The Balaban J connectivity index is 1.44. The van der Waals surface area contributed by atoms with Gasteiger partial charge in [-0.05, 0) is 218 Å². The van der Waals surface area contributed by atoms with E-state index in [2.05, 4.69) is 143 Å². The van der Waals surface area contributed by atoms with Gasteiger partial charge >= 0.3 is 0 Å². The van der Waals surface area contributed by atoms with Crippen molar-refractivity contribution >= 4 is 6.71 Å². The van der Waals surface area contributed by atoms with Crippen LogP contribution in [0.3, 0.4) is 0 Å². The monoisotopic (exact) mass is 1040 g/mol. The third kappa shape index (κ3) is 11.1. The van der Waals surface area contributed by atoms with Gasteiger partial charge in [-0.2, -0.15) is 15.3 Å². The summed E-state index contributed by atoms with van der Waals surface area (Å²) in [7, 11) is 0. The summed E-state index contributed by atoms with van der Waals surface area (Å²) in [5, 5.41) is 37.3. The quantitative estimate of drug-likeness (QED) is 0.147. The van der Waals surface area contributed by atoms with E-state index in [4.69, 9.17) is 30.7 Å². The van der Waals surface area contributed by atoms with Crippen molar-refractivity contribution < 1.29 is 0 Å². The average Bonchev–Trinajstić information content (AvgIpc) is 4.23. The van der Waals surface area contributed by atoms with Crippen LogP contribution in [-0.4, -0.2) is 23.0 Å². The fourth-order valence-corrected chi connectivity index (χ4v) is 21.1. The Kier molecular flexibility index (Phi) is 18.2. The number of hydrogen-bond donors (Lipinski definition) is 0. The lowest BCUT2D eigenvalue weighted by atomic mass is 9.13. The molecule has 21 unspecified atom stereocenters. The van der Waals surface area contributed by atoms with Gasteiger partial charge in [0.2, 0.25) is 0 Å². The molecule has 6 saturated carbocycles. The Bertz CT molecular complexity index is 1930. The Morgan fingerprint density at radius 3 is 0.750 bits per heavy atom. The lowest BCUT2D eigenvalue weighted by Crippen LogP contribution is -2.75. The highest BCUT2D eigenvalue weighted by Gasteiger charge is 2.67. The van der Waals surface area contributed by atoms with Crippen molar-refractivity contribution in [3.63, 3.8) is 0 Å². The normalized spacial score (nSPS) is 45.7. The molecule has 0 radical (unpaired) electrons. The van der Waals surface area contributed by atoms with Crippen LogP contribution in [-0.2, 0) is 0 Å². The molecule has 3 aliphatic heterocycles. The lowest BCUT2D eigenvalue weighted by molar-refractivity contribution is 0.0880. The summed E-state index contributed by atoms with van der Waals surface area (Å²) in [6, 6.07) is 0. The molecule has 0 amide bonds. The summed E-state index contributed by atoms with van der Waals surface area (Å²) in [4.78, 5) is 0. The third-order valence-corrected chi connectivity index (χ3v) is 25.1. The first-order valence-electron chi connectivity index (χ1n) is 33.7. The van der Waals surface area contributed by atoms with Crippen LogP contribution in [0.5, 0.6) is 0 Å². The first-order valence-corrected chi connectivity index (χ1v) is 33.7. The molecule has 0 N–H and O–H groups in total. The van der Waals surface area contributed by atoms with E-state index >= 15 is 0 Å². The molecular weight excluding hydrogens is 924 g/mol. The maximum atomic E-state index is 6.47. The molecule has 0 saturated heterocycles. The molecule has 9 rings (SSSR count). The zero-order chi connectivity index (χ0) is 54.8. The zero-order valence-electron chi connectivity index (χ0n) is 52.7. The molecule has 7 heteroatoms. The van der Waals surface area contributed by atoms with E-state index in [0.29, 0.717) is 142 Å². The number of azo groups is 3. The standard InChI is InChI=1S/C69H118BN6/c1-40(2)52-25-19-46(13)31-58(52)64-37-67(74-71-64,61-34-49(16)22-28-55(61)43(7)8)70(68(62-35-50(17)23-29-56(62)44(9)10)38-65(72-75-68)59-32-47(14)20-26-53(59)41(3)4)69(63-36-51(18)24-30-57(63)45(11)12)39-66(73-76-69)60-33-48(15)21-27-54(60)42(5)6/h37-63,70H,19-36H2,1-18H3/q-1. The molecule has 428 valence electrons.